The minimum Gasteiger partial charge on any atom is -0.493 e. The smallest absolute Gasteiger partial charge is 0.172 e. The van der Waals surface area contributed by atoms with Crippen LogP contribution in [0.4, 0.5) is 0 Å². The van der Waals surface area contributed by atoms with E-state index in [1.54, 1.807) is 25.9 Å². The monoisotopic (exact) mass is 261 g/mol. The zero-order valence-electron chi connectivity index (χ0n) is 11.1. The first-order chi connectivity index (χ1) is 9.19. The second kappa shape index (κ2) is 5.51. The number of aryl methyl sites for hydroxylation is 1. The first kappa shape index (κ1) is 13.1. The van der Waals surface area contributed by atoms with Gasteiger partial charge in [-0.3, -0.25) is 9.48 Å². The molecule has 100 valence electrons. The van der Waals surface area contributed by atoms with Gasteiger partial charge >= 0.3 is 0 Å². The van der Waals surface area contributed by atoms with Crippen LogP contribution in [-0.2, 0) is 13.5 Å². The molecule has 0 aliphatic carbocycles. The van der Waals surface area contributed by atoms with Crippen LogP contribution in [0.25, 0.3) is 0 Å². The SMILES string of the molecule is COc1ccc(Cc2c(C=O)nnn2C)cc1OC. The molecule has 1 aromatic carbocycles. The van der Waals surface area contributed by atoms with Crippen LogP contribution >= 0.6 is 0 Å². The van der Waals surface area contributed by atoms with Gasteiger partial charge in [-0.15, -0.1) is 5.10 Å². The van der Waals surface area contributed by atoms with Gasteiger partial charge in [-0.2, -0.15) is 0 Å². The van der Waals surface area contributed by atoms with Crippen molar-refractivity contribution in [2.24, 2.45) is 7.05 Å². The Bertz CT molecular complexity index is 593. The molecule has 2 aromatic rings. The number of aromatic nitrogens is 3. The minimum absolute atomic E-state index is 0.359. The van der Waals surface area contributed by atoms with Crippen LogP contribution in [0.15, 0.2) is 18.2 Å². The number of ether oxygens (including phenoxy) is 2. The van der Waals surface area contributed by atoms with Crippen LogP contribution in [0, 0.1) is 0 Å². The zero-order valence-corrected chi connectivity index (χ0v) is 11.1. The quantitative estimate of drug-likeness (QED) is 0.757. The van der Waals surface area contributed by atoms with Gasteiger partial charge in [0.25, 0.3) is 0 Å². The molecule has 2 rings (SSSR count). The van der Waals surface area contributed by atoms with Crippen LogP contribution < -0.4 is 9.47 Å². The van der Waals surface area contributed by atoms with Gasteiger partial charge in [0.15, 0.2) is 17.8 Å². The maximum Gasteiger partial charge on any atom is 0.172 e. The molecule has 1 heterocycles. The highest BCUT2D eigenvalue weighted by Gasteiger charge is 2.12. The molecule has 1 aromatic heterocycles. The van der Waals surface area contributed by atoms with E-state index in [0.717, 1.165) is 11.3 Å². The maximum atomic E-state index is 10.9. The first-order valence-electron chi connectivity index (χ1n) is 5.74. The third-order valence-electron chi connectivity index (χ3n) is 2.90. The maximum absolute atomic E-state index is 10.9. The summed E-state index contributed by atoms with van der Waals surface area (Å²) in [4.78, 5) is 10.9. The van der Waals surface area contributed by atoms with Gasteiger partial charge < -0.3 is 9.47 Å². The van der Waals surface area contributed by atoms with Crippen molar-refractivity contribution < 1.29 is 14.3 Å². The number of carbonyl (C=O) groups excluding carboxylic acids is 1. The van der Waals surface area contributed by atoms with Gasteiger partial charge in [-0.25, -0.2) is 0 Å². The number of aldehydes is 1. The lowest BCUT2D eigenvalue weighted by Gasteiger charge is -2.09. The lowest BCUT2D eigenvalue weighted by Crippen LogP contribution is -2.02. The summed E-state index contributed by atoms with van der Waals surface area (Å²) < 4.78 is 12.0. The van der Waals surface area contributed by atoms with Gasteiger partial charge in [-0.05, 0) is 17.7 Å². The number of methoxy groups -OCH3 is 2. The summed E-state index contributed by atoms with van der Waals surface area (Å²) in [6.45, 7) is 0. The van der Waals surface area contributed by atoms with Crippen LogP contribution in [0.5, 0.6) is 11.5 Å². The van der Waals surface area contributed by atoms with Crippen molar-refractivity contribution in [1.82, 2.24) is 15.0 Å². The molecule has 0 amide bonds. The second-order valence-corrected chi connectivity index (χ2v) is 4.03. The van der Waals surface area contributed by atoms with E-state index in [-0.39, 0.29) is 0 Å². The highest BCUT2D eigenvalue weighted by Crippen LogP contribution is 2.28. The fourth-order valence-electron chi connectivity index (χ4n) is 1.87. The summed E-state index contributed by atoms with van der Waals surface area (Å²) >= 11 is 0. The fraction of sp³-hybridized carbons (Fsp3) is 0.308. The summed E-state index contributed by atoms with van der Waals surface area (Å²) in [6, 6.07) is 5.63. The number of hydrogen-bond acceptors (Lipinski definition) is 5. The van der Waals surface area contributed by atoms with Gasteiger partial charge in [0, 0.05) is 13.5 Å². The Balaban J connectivity index is 2.33. The molecule has 0 bridgehead atoms. The normalized spacial score (nSPS) is 10.3. The van der Waals surface area contributed by atoms with Gasteiger partial charge in [0.05, 0.1) is 19.9 Å². The molecule has 0 aliphatic rings. The predicted molar refractivity (Wildman–Crippen MR) is 68.7 cm³/mol. The average molecular weight is 261 g/mol. The Morgan fingerprint density at radius 1 is 1.26 bits per heavy atom. The van der Waals surface area contributed by atoms with Crippen LogP contribution in [0.2, 0.25) is 0 Å². The average Bonchev–Trinajstić information content (AvgIpc) is 2.79. The molecule has 6 nitrogen and oxygen atoms in total. The Morgan fingerprint density at radius 3 is 2.63 bits per heavy atom. The van der Waals surface area contributed by atoms with E-state index in [2.05, 4.69) is 10.3 Å². The van der Waals surface area contributed by atoms with E-state index >= 15 is 0 Å². The number of nitrogens with zero attached hydrogens (tertiary/aromatic N) is 3. The number of hydrogen-bond donors (Lipinski definition) is 0. The van der Waals surface area contributed by atoms with E-state index in [9.17, 15) is 4.79 Å². The summed E-state index contributed by atoms with van der Waals surface area (Å²) in [7, 11) is 4.94. The molecular weight excluding hydrogens is 246 g/mol. The highest BCUT2D eigenvalue weighted by molar-refractivity contribution is 5.73. The van der Waals surface area contributed by atoms with Crippen molar-refractivity contribution in [1.29, 1.82) is 0 Å². The van der Waals surface area contributed by atoms with E-state index in [0.29, 0.717) is 29.9 Å². The molecule has 0 saturated heterocycles. The summed E-state index contributed by atoms with van der Waals surface area (Å²) in [5.74, 6) is 1.33. The molecule has 19 heavy (non-hydrogen) atoms. The van der Waals surface area contributed by atoms with Gasteiger partial charge in [-0.1, -0.05) is 11.3 Å². The zero-order chi connectivity index (χ0) is 13.8. The van der Waals surface area contributed by atoms with Crippen molar-refractivity contribution in [2.75, 3.05) is 14.2 Å². The molecule has 0 radical (unpaired) electrons. The molecule has 0 atom stereocenters. The Morgan fingerprint density at radius 2 is 2.00 bits per heavy atom. The van der Waals surface area contributed by atoms with Crippen molar-refractivity contribution >= 4 is 6.29 Å². The third-order valence-corrected chi connectivity index (χ3v) is 2.90. The molecule has 0 spiro atoms. The lowest BCUT2D eigenvalue weighted by atomic mass is 10.1. The van der Waals surface area contributed by atoms with Crippen LogP contribution in [0.3, 0.4) is 0 Å². The van der Waals surface area contributed by atoms with E-state index in [1.165, 1.54) is 0 Å². The Hall–Kier alpha value is -2.37. The molecule has 0 fully saturated rings. The summed E-state index contributed by atoms with van der Waals surface area (Å²) in [5.41, 5.74) is 2.12. The summed E-state index contributed by atoms with van der Waals surface area (Å²) in [6.07, 6.45) is 1.26. The largest absolute Gasteiger partial charge is 0.493 e. The third kappa shape index (κ3) is 2.57. The van der Waals surface area contributed by atoms with Crippen LogP contribution in [-0.4, -0.2) is 35.5 Å². The minimum atomic E-state index is 0.359. The van der Waals surface area contributed by atoms with E-state index < -0.39 is 0 Å². The highest BCUT2D eigenvalue weighted by atomic mass is 16.5. The van der Waals surface area contributed by atoms with Gasteiger partial charge in [0.1, 0.15) is 5.69 Å². The number of rotatable bonds is 5. The van der Waals surface area contributed by atoms with E-state index in [1.807, 2.05) is 18.2 Å². The standard InChI is InChI=1S/C13H15N3O3/c1-16-11(10(8-17)14-15-16)6-9-4-5-12(18-2)13(7-9)19-3/h4-5,7-8H,6H2,1-3H3. The predicted octanol–water partition coefficient (Wildman–Crippen LogP) is 1.24. The molecule has 6 heteroatoms. The lowest BCUT2D eigenvalue weighted by molar-refractivity contribution is 0.111. The first-order valence-corrected chi connectivity index (χ1v) is 5.74. The molecule has 0 unspecified atom stereocenters. The molecule has 0 N–H and O–H groups in total. The molecule has 0 aliphatic heterocycles. The van der Waals surface area contributed by atoms with E-state index in [4.69, 9.17) is 9.47 Å². The Kier molecular flexibility index (Phi) is 3.79. The van der Waals surface area contributed by atoms with Crippen molar-refractivity contribution in [2.45, 2.75) is 6.42 Å². The molecular formula is C13H15N3O3. The second-order valence-electron chi connectivity index (χ2n) is 4.03. The van der Waals surface area contributed by atoms with Crippen molar-refractivity contribution in [3.05, 3.63) is 35.2 Å². The molecule has 0 saturated carbocycles. The Labute approximate surface area is 110 Å². The van der Waals surface area contributed by atoms with Crippen molar-refractivity contribution in [3.8, 4) is 11.5 Å². The number of carbonyl (C=O) groups is 1. The van der Waals surface area contributed by atoms with Crippen molar-refractivity contribution in [3.63, 3.8) is 0 Å². The topological polar surface area (TPSA) is 66.2 Å². The number of benzene rings is 1. The fourth-order valence-corrected chi connectivity index (χ4v) is 1.87. The van der Waals surface area contributed by atoms with Crippen LogP contribution in [0.1, 0.15) is 21.7 Å². The van der Waals surface area contributed by atoms with Gasteiger partial charge in [0.2, 0.25) is 0 Å². The summed E-state index contributed by atoms with van der Waals surface area (Å²) in [5, 5.41) is 7.64.